The predicted octanol–water partition coefficient (Wildman–Crippen LogP) is 4.57. The number of piperidine rings is 2. The molecule has 180 valence electrons. The number of nitrogens with one attached hydrogen (secondary N) is 2. The molecular formula is C29H37N3O2. The molecule has 0 aromatic heterocycles. The average Bonchev–Trinajstić information content (AvgIpc) is 2.83. The molecule has 4 atom stereocenters. The van der Waals surface area contributed by atoms with E-state index in [9.17, 15) is 9.59 Å². The molecule has 0 aliphatic carbocycles. The number of benzene rings is 2. The van der Waals surface area contributed by atoms with Gasteiger partial charge in [-0.2, -0.15) is 0 Å². The largest absolute Gasteiger partial charge is 0.346 e. The second-order valence-electron chi connectivity index (χ2n) is 10.8. The molecule has 0 saturated carbocycles. The summed E-state index contributed by atoms with van der Waals surface area (Å²) < 4.78 is 0. The first-order chi connectivity index (χ1) is 16.4. The molecule has 2 aromatic carbocycles. The highest BCUT2D eigenvalue weighted by Crippen LogP contribution is 2.43. The summed E-state index contributed by atoms with van der Waals surface area (Å²) in [5.41, 5.74) is 5.39. The van der Waals surface area contributed by atoms with Gasteiger partial charge in [0.15, 0.2) is 0 Å². The zero-order valence-electron chi connectivity index (χ0n) is 20.6. The fraction of sp³-hybridized carbons (Fsp3) is 0.517. The Morgan fingerprint density at radius 2 is 1.97 bits per heavy atom. The maximum absolute atomic E-state index is 13.7. The number of fused-ring (bicyclic) bond motifs is 4. The highest BCUT2D eigenvalue weighted by Gasteiger charge is 2.46. The Kier molecular flexibility index (Phi) is 6.48. The molecular weight excluding hydrogens is 422 g/mol. The van der Waals surface area contributed by atoms with Crippen LogP contribution in [0.4, 0.5) is 0 Å². The van der Waals surface area contributed by atoms with Crippen LogP contribution in [0.15, 0.2) is 42.5 Å². The Morgan fingerprint density at radius 3 is 2.74 bits per heavy atom. The van der Waals surface area contributed by atoms with Crippen molar-refractivity contribution in [1.82, 2.24) is 15.5 Å². The van der Waals surface area contributed by atoms with Crippen LogP contribution in [0.2, 0.25) is 0 Å². The average molecular weight is 460 g/mol. The minimum atomic E-state index is -0.0878. The van der Waals surface area contributed by atoms with Gasteiger partial charge >= 0.3 is 0 Å². The zero-order valence-corrected chi connectivity index (χ0v) is 20.6. The number of carbonyl (C=O) groups is 2. The van der Waals surface area contributed by atoms with Crippen LogP contribution in [0, 0.1) is 11.8 Å². The number of hydrogen-bond donors (Lipinski definition) is 2. The smallest absolute Gasteiger partial charge is 0.252 e. The lowest BCUT2D eigenvalue weighted by atomic mass is 9.75. The molecule has 3 aliphatic heterocycles. The van der Waals surface area contributed by atoms with Gasteiger partial charge in [-0.15, -0.1) is 0 Å². The summed E-state index contributed by atoms with van der Waals surface area (Å²) in [6.07, 6.45) is 4.69. The molecule has 5 nitrogen and oxygen atoms in total. The summed E-state index contributed by atoms with van der Waals surface area (Å²) >= 11 is 0. The molecule has 3 aliphatic rings. The number of rotatable bonds is 5. The van der Waals surface area contributed by atoms with Gasteiger partial charge in [-0.1, -0.05) is 50.2 Å². The van der Waals surface area contributed by atoms with Crippen LogP contribution in [0.1, 0.15) is 84.7 Å². The Hall–Kier alpha value is -2.66. The van der Waals surface area contributed by atoms with Gasteiger partial charge in [0.1, 0.15) is 0 Å². The fourth-order valence-electron chi connectivity index (χ4n) is 6.27. The summed E-state index contributed by atoms with van der Waals surface area (Å²) in [5.74, 6) is 0.837. The SMILES string of the molecule is CC(C)Cc1cc2c(c(C(=O)N[C@H](C)c3ccccc3)c1)[C@H]1C[C@@H]3NCCC[C@@H]3C(=O)N1CC2. The van der Waals surface area contributed by atoms with Crippen molar-refractivity contribution >= 4 is 11.8 Å². The second kappa shape index (κ2) is 9.53. The van der Waals surface area contributed by atoms with E-state index in [1.54, 1.807) is 0 Å². The van der Waals surface area contributed by atoms with Gasteiger partial charge in [-0.25, -0.2) is 0 Å². The first-order valence-corrected chi connectivity index (χ1v) is 13.0. The van der Waals surface area contributed by atoms with E-state index >= 15 is 0 Å². The van der Waals surface area contributed by atoms with Crippen LogP contribution in [0.5, 0.6) is 0 Å². The molecule has 2 fully saturated rings. The van der Waals surface area contributed by atoms with Crippen molar-refractivity contribution in [2.24, 2.45) is 11.8 Å². The van der Waals surface area contributed by atoms with E-state index in [1.807, 2.05) is 37.3 Å². The summed E-state index contributed by atoms with van der Waals surface area (Å²) in [4.78, 5) is 29.3. The van der Waals surface area contributed by atoms with Crippen molar-refractivity contribution in [3.63, 3.8) is 0 Å². The molecule has 2 N–H and O–H groups in total. The van der Waals surface area contributed by atoms with Crippen LogP contribution in [0.25, 0.3) is 0 Å². The van der Waals surface area contributed by atoms with Crippen molar-refractivity contribution < 1.29 is 9.59 Å². The fourth-order valence-corrected chi connectivity index (χ4v) is 6.27. The van der Waals surface area contributed by atoms with Gasteiger partial charge in [0.25, 0.3) is 5.91 Å². The molecule has 5 rings (SSSR count). The summed E-state index contributed by atoms with van der Waals surface area (Å²) in [6.45, 7) is 8.19. The predicted molar refractivity (Wildman–Crippen MR) is 135 cm³/mol. The van der Waals surface area contributed by atoms with Gasteiger partial charge in [-0.05, 0) is 79.8 Å². The summed E-state index contributed by atoms with van der Waals surface area (Å²) in [6, 6.07) is 14.6. The lowest BCUT2D eigenvalue weighted by Gasteiger charge is -2.49. The van der Waals surface area contributed by atoms with Gasteiger partial charge < -0.3 is 15.5 Å². The van der Waals surface area contributed by atoms with Crippen LogP contribution in [0.3, 0.4) is 0 Å². The lowest BCUT2D eigenvalue weighted by molar-refractivity contribution is -0.145. The second-order valence-corrected chi connectivity index (χ2v) is 10.8. The van der Waals surface area contributed by atoms with E-state index in [-0.39, 0.29) is 35.9 Å². The quantitative estimate of drug-likeness (QED) is 0.688. The topological polar surface area (TPSA) is 61.4 Å². The van der Waals surface area contributed by atoms with Crippen molar-refractivity contribution in [2.45, 2.75) is 71.0 Å². The van der Waals surface area contributed by atoms with Crippen LogP contribution >= 0.6 is 0 Å². The molecule has 0 spiro atoms. The Labute approximate surface area is 203 Å². The van der Waals surface area contributed by atoms with Crippen molar-refractivity contribution in [1.29, 1.82) is 0 Å². The molecule has 2 amide bonds. The minimum Gasteiger partial charge on any atom is -0.346 e. The van der Waals surface area contributed by atoms with E-state index in [2.05, 4.69) is 41.5 Å². The van der Waals surface area contributed by atoms with E-state index in [0.29, 0.717) is 5.92 Å². The standard InChI is InChI=1S/C29H37N3O2/c1-18(2)14-20-15-22-11-13-32-26(17-25-23(29(32)34)10-7-12-30-25)27(22)24(16-20)28(33)31-19(3)21-8-5-4-6-9-21/h4-6,8-9,15-16,18-19,23,25-26,30H,7,10-14,17H2,1-3H3,(H,31,33)/t19-,23+,25+,26-/m1/s1. The minimum absolute atomic E-state index is 0.0241. The third kappa shape index (κ3) is 4.38. The van der Waals surface area contributed by atoms with Crippen LogP contribution < -0.4 is 10.6 Å². The van der Waals surface area contributed by atoms with Gasteiger partial charge in [0.2, 0.25) is 5.91 Å². The third-order valence-corrected chi connectivity index (χ3v) is 7.85. The molecule has 0 bridgehead atoms. The molecule has 34 heavy (non-hydrogen) atoms. The first kappa shape index (κ1) is 23.1. The Morgan fingerprint density at radius 1 is 1.18 bits per heavy atom. The molecule has 0 unspecified atom stereocenters. The Balaban J connectivity index is 1.52. The van der Waals surface area contributed by atoms with Crippen LogP contribution in [-0.4, -0.2) is 35.8 Å². The maximum atomic E-state index is 13.7. The first-order valence-electron chi connectivity index (χ1n) is 13.0. The van der Waals surface area contributed by atoms with Gasteiger partial charge in [-0.3, -0.25) is 9.59 Å². The highest BCUT2D eigenvalue weighted by atomic mass is 16.2. The molecule has 2 aromatic rings. The highest BCUT2D eigenvalue weighted by molar-refractivity contribution is 5.97. The summed E-state index contributed by atoms with van der Waals surface area (Å²) in [5, 5.41) is 6.86. The number of amides is 2. The van der Waals surface area contributed by atoms with Gasteiger partial charge in [0, 0.05) is 18.2 Å². The number of nitrogens with zero attached hydrogens (tertiary/aromatic N) is 1. The molecule has 2 saturated heterocycles. The lowest BCUT2D eigenvalue weighted by Crippen LogP contribution is -2.58. The van der Waals surface area contributed by atoms with Gasteiger partial charge in [0.05, 0.1) is 18.0 Å². The maximum Gasteiger partial charge on any atom is 0.252 e. The van der Waals surface area contributed by atoms with Crippen molar-refractivity contribution in [2.75, 3.05) is 13.1 Å². The third-order valence-electron chi connectivity index (χ3n) is 7.85. The monoisotopic (exact) mass is 459 g/mol. The number of carbonyl (C=O) groups excluding carboxylic acids is 2. The van der Waals surface area contributed by atoms with E-state index in [4.69, 9.17) is 0 Å². The molecule has 0 radical (unpaired) electrons. The van der Waals surface area contributed by atoms with Crippen molar-refractivity contribution in [3.05, 3.63) is 70.3 Å². The summed E-state index contributed by atoms with van der Waals surface area (Å²) in [7, 11) is 0. The van der Waals surface area contributed by atoms with E-state index < -0.39 is 0 Å². The normalized spacial score (nSPS) is 24.8. The van der Waals surface area contributed by atoms with E-state index in [1.165, 1.54) is 11.1 Å². The van der Waals surface area contributed by atoms with Crippen molar-refractivity contribution in [3.8, 4) is 0 Å². The Bertz CT molecular complexity index is 1060. The molecule has 3 heterocycles. The van der Waals surface area contributed by atoms with Crippen LogP contribution in [-0.2, 0) is 17.6 Å². The molecule has 5 heteroatoms. The zero-order chi connectivity index (χ0) is 23.8. The number of hydrogen-bond acceptors (Lipinski definition) is 3. The van der Waals surface area contributed by atoms with E-state index in [0.717, 1.165) is 61.9 Å².